The number of rotatable bonds is 3. The highest BCUT2D eigenvalue weighted by Crippen LogP contribution is 2.50. The summed E-state index contributed by atoms with van der Waals surface area (Å²) < 4.78 is 79.4. The minimum atomic E-state index is -5.96. The van der Waals surface area contributed by atoms with Crippen LogP contribution < -0.4 is 4.90 Å². The molecule has 10 heteroatoms. The number of hydrogen-bond acceptors (Lipinski definition) is 2. The smallest absolute Gasteiger partial charge is 0.369 e. The van der Waals surface area contributed by atoms with E-state index in [1.54, 1.807) is 24.3 Å². The van der Waals surface area contributed by atoms with E-state index in [0.29, 0.717) is 35.6 Å². The van der Waals surface area contributed by atoms with Crippen LogP contribution in [0.4, 0.5) is 32.0 Å². The highest BCUT2D eigenvalue weighted by Gasteiger charge is 2.71. The van der Waals surface area contributed by atoms with E-state index in [1.807, 2.05) is 0 Å². The fraction of sp³-hybridized carbons (Fsp3) is 0.381. The minimum Gasteiger partial charge on any atom is -0.369 e. The van der Waals surface area contributed by atoms with E-state index in [4.69, 9.17) is 11.6 Å². The van der Waals surface area contributed by atoms with Crippen LogP contribution in [-0.2, 0) is 23.2 Å². The number of alkyl halides is 6. The molecule has 2 aromatic rings. The predicted octanol–water partition coefficient (Wildman–Crippen LogP) is 5.56. The summed E-state index contributed by atoms with van der Waals surface area (Å²) in [5, 5.41) is 10.2. The van der Waals surface area contributed by atoms with Crippen molar-refractivity contribution in [1.29, 1.82) is 0 Å². The van der Waals surface area contributed by atoms with E-state index in [-0.39, 0.29) is 36.5 Å². The van der Waals surface area contributed by atoms with Crippen molar-refractivity contribution in [2.75, 3.05) is 11.4 Å². The summed E-state index contributed by atoms with van der Waals surface area (Å²) in [5.74, 6) is -0.347. The number of benzene rings is 2. The Hall–Kier alpha value is -2.26. The molecule has 0 saturated heterocycles. The van der Waals surface area contributed by atoms with Crippen LogP contribution in [0.5, 0.6) is 0 Å². The van der Waals surface area contributed by atoms with Crippen LogP contribution in [0, 0.1) is 0 Å². The maximum Gasteiger partial charge on any atom is 0.430 e. The molecule has 2 aromatic carbocycles. The third-order valence-corrected chi connectivity index (χ3v) is 5.51. The highest BCUT2D eigenvalue weighted by molar-refractivity contribution is 6.30. The first-order chi connectivity index (χ1) is 14.3. The molecule has 0 aromatic heterocycles. The second kappa shape index (κ2) is 8.35. The molecule has 1 aliphatic rings. The maximum atomic E-state index is 13.2. The molecule has 3 nitrogen and oxygen atoms in total. The average molecular weight is 466 g/mol. The molecule has 0 atom stereocenters. The molecule has 0 fully saturated rings. The molecule has 1 aliphatic heterocycles. The molecule has 0 unspecified atom stereocenters. The Balaban J connectivity index is 1.98. The van der Waals surface area contributed by atoms with Crippen molar-refractivity contribution in [3.05, 3.63) is 64.2 Å². The Labute approximate surface area is 179 Å². The van der Waals surface area contributed by atoms with Crippen molar-refractivity contribution in [3.63, 3.8) is 0 Å². The standard InChI is InChI=1S/C21H18ClF6NO2/c22-16-7-4-13(5-8-16)11-18(30)29-10-2-1-3-14-12-15(6-9-17(14)29)19(31,20(23,24)25)21(26,27)28/h4-9,12,31H,1-3,10-11H2. The molecule has 3 rings (SSSR count). The van der Waals surface area contributed by atoms with E-state index in [1.165, 1.54) is 4.90 Å². The number of fused-ring (bicyclic) bond motifs is 1. The second-order valence-electron chi connectivity index (χ2n) is 7.36. The summed E-state index contributed by atoms with van der Waals surface area (Å²) in [6.45, 7) is 0.279. The van der Waals surface area contributed by atoms with Crippen molar-refractivity contribution >= 4 is 23.2 Å². The first kappa shape index (κ1) is 23.4. The van der Waals surface area contributed by atoms with Gasteiger partial charge in [-0.05, 0) is 48.6 Å². The summed E-state index contributed by atoms with van der Waals surface area (Å²) in [7, 11) is 0. The van der Waals surface area contributed by atoms with E-state index >= 15 is 0 Å². The summed E-state index contributed by atoms with van der Waals surface area (Å²) in [5.41, 5.74) is -5.27. The quantitative estimate of drug-likeness (QED) is 0.603. The molecule has 168 valence electrons. The zero-order valence-corrected chi connectivity index (χ0v) is 16.8. The third kappa shape index (κ3) is 4.52. The lowest BCUT2D eigenvalue weighted by Gasteiger charge is -2.33. The van der Waals surface area contributed by atoms with Crippen molar-refractivity contribution in [2.45, 2.75) is 43.6 Å². The molecule has 1 N–H and O–H groups in total. The Morgan fingerprint density at radius 3 is 2.16 bits per heavy atom. The van der Waals surface area contributed by atoms with Gasteiger partial charge in [0, 0.05) is 22.8 Å². The number of aliphatic hydroxyl groups is 1. The Bertz CT molecular complexity index is 942. The molecule has 1 heterocycles. The largest absolute Gasteiger partial charge is 0.430 e. The van der Waals surface area contributed by atoms with E-state index in [9.17, 15) is 36.2 Å². The van der Waals surface area contributed by atoms with E-state index < -0.39 is 23.5 Å². The van der Waals surface area contributed by atoms with Crippen molar-refractivity contribution < 1.29 is 36.2 Å². The number of nitrogens with zero attached hydrogens (tertiary/aromatic N) is 1. The highest BCUT2D eigenvalue weighted by atomic mass is 35.5. The molecular weight excluding hydrogens is 448 g/mol. The van der Waals surface area contributed by atoms with Gasteiger partial charge in [-0.15, -0.1) is 0 Å². The molecule has 31 heavy (non-hydrogen) atoms. The lowest BCUT2D eigenvalue weighted by molar-refractivity contribution is -0.376. The fourth-order valence-electron chi connectivity index (χ4n) is 3.60. The van der Waals surface area contributed by atoms with Gasteiger partial charge in [-0.25, -0.2) is 0 Å². The number of aryl methyl sites for hydroxylation is 1. The van der Waals surface area contributed by atoms with Crippen LogP contribution in [-0.4, -0.2) is 29.9 Å². The lowest BCUT2D eigenvalue weighted by Crippen LogP contribution is -2.54. The van der Waals surface area contributed by atoms with Gasteiger partial charge in [0.2, 0.25) is 5.91 Å². The maximum absolute atomic E-state index is 13.2. The number of hydrogen-bond donors (Lipinski definition) is 1. The topological polar surface area (TPSA) is 40.5 Å². The average Bonchev–Trinajstić information content (AvgIpc) is 2.89. The summed E-state index contributed by atoms with van der Waals surface area (Å²) in [6, 6.07) is 8.86. The normalized spacial score (nSPS) is 15.4. The van der Waals surface area contributed by atoms with Crippen LogP contribution in [0.2, 0.25) is 5.02 Å². The SMILES string of the molecule is O=C(Cc1ccc(Cl)cc1)N1CCCCc2cc(C(O)(C(F)(F)F)C(F)(F)F)ccc21. The summed E-state index contributed by atoms with van der Waals surface area (Å²) in [4.78, 5) is 14.2. The second-order valence-corrected chi connectivity index (χ2v) is 7.79. The number of halogens is 7. The van der Waals surface area contributed by atoms with Gasteiger partial charge in [0.1, 0.15) is 0 Å². The number of carbonyl (C=O) groups excluding carboxylic acids is 1. The Morgan fingerprint density at radius 1 is 0.968 bits per heavy atom. The van der Waals surface area contributed by atoms with E-state index in [2.05, 4.69) is 0 Å². The van der Waals surface area contributed by atoms with Gasteiger partial charge in [0.15, 0.2) is 0 Å². The van der Waals surface area contributed by atoms with Gasteiger partial charge in [0.05, 0.1) is 6.42 Å². The van der Waals surface area contributed by atoms with Gasteiger partial charge in [-0.3, -0.25) is 4.79 Å². The van der Waals surface area contributed by atoms with Crippen LogP contribution in [0.3, 0.4) is 0 Å². The van der Waals surface area contributed by atoms with Crippen LogP contribution >= 0.6 is 11.6 Å². The monoisotopic (exact) mass is 465 g/mol. The van der Waals surface area contributed by atoms with E-state index in [0.717, 1.165) is 6.07 Å². The van der Waals surface area contributed by atoms with Gasteiger partial charge >= 0.3 is 12.4 Å². The van der Waals surface area contributed by atoms with Crippen LogP contribution in [0.25, 0.3) is 0 Å². The van der Waals surface area contributed by atoms with Gasteiger partial charge in [-0.2, -0.15) is 26.3 Å². The summed E-state index contributed by atoms with van der Waals surface area (Å²) >= 11 is 5.83. The van der Waals surface area contributed by atoms with Crippen molar-refractivity contribution in [2.24, 2.45) is 0 Å². The zero-order valence-electron chi connectivity index (χ0n) is 16.0. The van der Waals surface area contributed by atoms with Crippen molar-refractivity contribution in [1.82, 2.24) is 0 Å². The fourth-order valence-corrected chi connectivity index (χ4v) is 3.73. The molecule has 1 amide bonds. The van der Waals surface area contributed by atoms with Gasteiger partial charge < -0.3 is 10.0 Å². The molecule has 0 spiro atoms. The number of anilines is 1. The minimum absolute atomic E-state index is 0.00655. The third-order valence-electron chi connectivity index (χ3n) is 5.26. The molecular formula is C21H18ClF6NO2. The number of carbonyl (C=O) groups is 1. The lowest BCUT2D eigenvalue weighted by atomic mass is 9.89. The van der Waals surface area contributed by atoms with Crippen LogP contribution in [0.1, 0.15) is 29.5 Å². The van der Waals surface area contributed by atoms with Gasteiger partial charge in [-0.1, -0.05) is 35.9 Å². The molecule has 0 bridgehead atoms. The first-order valence-corrected chi connectivity index (χ1v) is 9.76. The molecule has 0 radical (unpaired) electrons. The Morgan fingerprint density at radius 2 is 1.58 bits per heavy atom. The van der Waals surface area contributed by atoms with Crippen molar-refractivity contribution in [3.8, 4) is 0 Å². The summed E-state index contributed by atoms with van der Waals surface area (Å²) in [6.07, 6.45) is -10.8. The molecule has 0 saturated carbocycles. The predicted molar refractivity (Wildman–Crippen MR) is 103 cm³/mol. The number of amides is 1. The first-order valence-electron chi connectivity index (χ1n) is 9.38. The zero-order chi connectivity index (χ0) is 23.0. The van der Waals surface area contributed by atoms with Crippen LogP contribution in [0.15, 0.2) is 42.5 Å². The molecule has 0 aliphatic carbocycles. The van der Waals surface area contributed by atoms with Gasteiger partial charge in [0.25, 0.3) is 5.60 Å². The Kier molecular flexibility index (Phi) is 6.30.